The van der Waals surface area contributed by atoms with Crippen molar-refractivity contribution in [2.24, 2.45) is 0 Å². The molecule has 1 aromatic heterocycles. The molecule has 0 atom stereocenters. The SMILES string of the molecule is Nc1cc(OCC(F)(F)F)cc(-c2ccc(OCc3ccccc3)nc2)c1. The summed E-state index contributed by atoms with van der Waals surface area (Å²) in [5, 5.41) is 0. The van der Waals surface area contributed by atoms with E-state index in [1.54, 1.807) is 24.4 Å². The maximum Gasteiger partial charge on any atom is 0.422 e. The predicted octanol–water partition coefficient (Wildman–Crippen LogP) is 4.85. The summed E-state index contributed by atoms with van der Waals surface area (Å²) in [5.74, 6) is 0.492. The van der Waals surface area contributed by atoms with Gasteiger partial charge >= 0.3 is 6.18 Å². The van der Waals surface area contributed by atoms with Crippen LogP contribution in [0, 0.1) is 0 Å². The molecule has 4 nitrogen and oxygen atoms in total. The molecule has 0 spiro atoms. The first-order chi connectivity index (χ1) is 12.9. The average Bonchev–Trinajstić information content (AvgIpc) is 2.65. The second-order valence-electron chi connectivity index (χ2n) is 5.85. The Morgan fingerprint density at radius 1 is 0.889 bits per heavy atom. The summed E-state index contributed by atoms with van der Waals surface area (Å²) in [6, 6.07) is 17.6. The quantitative estimate of drug-likeness (QED) is 0.627. The summed E-state index contributed by atoms with van der Waals surface area (Å²) in [7, 11) is 0. The van der Waals surface area contributed by atoms with E-state index in [4.69, 9.17) is 15.2 Å². The summed E-state index contributed by atoms with van der Waals surface area (Å²) in [5.41, 5.74) is 8.38. The number of nitrogen functional groups attached to an aromatic ring is 1. The number of alkyl halides is 3. The van der Waals surface area contributed by atoms with Crippen LogP contribution in [0.2, 0.25) is 0 Å². The van der Waals surface area contributed by atoms with Crippen molar-refractivity contribution in [1.82, 2.24) is 4.98 Å². The van der Waals surface area contributed by atoms with Crippen molar-refractivity contribution in [3.05, 3.63) is 72.4 Å². The second kappa shape index (κ2) is 7.99. The zero-order valence-electron chi connectivity index (χ0n) is 14.2. The van der Waals surface area contributed by atoms with Crippen LogP contribution in [-0.2, 0) is 6.61 Å². The number of nitrogens with two attached hydrogens (primary N) is 1. The number of hydrogen-bond donors (Lipinski definition) is 1. The lowest BCUT2D eigenvalue weighted by atomic mass is 10.1. The molecule has 140 valence electrons. The first-order valence-electron chi connectivity index (χ1n) is 8.12. The van der Waals surface area contributed by atoms with E-state index in [1.807, 2.05) is 30.3 Å². The second-order valence-corrected chi connectivity index (χ2v) is 5.85. The lowest BCUT2D eigenvalue weighted by Gasteiger charge is -2.12. The number of anilines is 1. The van der Waals surface area contributed by atoms with Gasteiger partial charge in [0.1, 0.15) is 12.4 Å². The number of hydrogen-bond acceptors (Lipinski definition) is 4. The van der Waals surface area contributed by atoms with E-state index in [0.29, 0.717) is 29.3 Å². The largest absolute Gasteiger partial charge is 0.484 e. The van der Waals surface area contributed by atoms with Crippen LogP contribution in [0.3, 0.4) is 0 Å². The Kier molecular flexibility index (Phi) is 5.49. The van der Waals surface area contributed by atoms with Crippen molar-refractivity contribution in [1.29, 1.82) is 0 Å². The summed E-state index contributed by atoms with van der Waals surface area (Å²) >= 11 is 0. The van der Waals surface area contributed by atoms with Crippen LogP contribution in [0.1, 0.15) is 5.56 Å². The van der Waals surface area contributed by atoms with E-state index in [1.165, 1.54) is 12.1 Å². The van der Waals surface area contributed by atoms with Crippen LogP contribution in [0.25, 0.3) is 11.1 Å². The van der Waals surface area contributed by atoms with Crippen LogP contribution >= 0.6 is 0 Å². The van der Waals surface area contributed by atoms with E-state index in [-0.39, 0.29) is 5.75 Å². The first-order valence-corrected chi connectivity index (χ1v) is 8.12. The predicted molar refractivity (Wildman–Crippen MR) is 96.4 cm³/mol. The number of rotatable bonds is 6. The van der Waals surface area contributed by atoms with Gasteiger partial charge in [-0.2, -0.15) is 13.2 Å². The first kappa shape index (κ1) is 18.6. The molecule has 3 rings (SSSR count). The van der Waals surface area contributed by atoms with Crippen LogP contribution in [0.5, 0.6) is 11.6 Å². The van der Waals surface area contributed by atoms with Gasteiger partial charge < -0.3 is 15.2 Å². The molecule has 3 aromatic rings. The van der Waals surface area contributed by atoms with Gasteiger partial charge in [0.2, 0.25) is 5.88 Å². The van der Waals surface area contributed by atoms with Gasteiger partial charge in [-0.25, -0.2) is 4.98 Å². The van der Waals surface area contributed by atoms with Crippen LogP contribution in [0.15, 0.2) is 66.9 Å². The Morgan fingerprint density at radius 2 is 1.67 bits per heavy atom. The minimum Gasteiger partial charge on any atom is -0.484 e. The zero-order valence-corrected chi connectivity index (χ0v) is 14.2. The minimum atomic E-state index is -4.41. The highest BCUT2D eigenvalue weighted by molar-refractivity contribution is 5.69. The highest BCUT2D eigenvalue weighted by Crippen LogP contribution is 2.29. The standard InChI is InChI=1S/C20H17F3N2O2/c21-20(22,23)13-27-18-9-16(8-17(24)10-18)15-6-7-19(25-11-15)26-12-14-4-2-1-3-5-14/h1-11H,12-13,24H2. The molecule has 0 radical (unpaired) electrons. The number of ether oxygens (including phenoxy) is 2. The Labute approximate surface area is 154 Å². The van der Waals surface area contributed by atoms with Crippen LogP contribution in [0.4, 0.5) is 18.9 Å². The van der Waals surface area contributed by atoms with Crippen molar-refractivity contribution in [3.63, 3.8) is 0 Å². The monoisotopic (exact) mass is 374 g/mol. The van der Waals surface area contributed by atoms with E-state index < -0.39 is 12.8 Å². The van der Waals surface area contributed by atoms with Gasteiger partial charge in [-0.3, -0.25) is 0 Å². The summed E-state index contributed by atoms with van der Waals surface area (Å²) in [6.45, 7) is -0.985. The van der Waals surface area contributed by atoms with Crippen LogP contribution < -0.4 is 15.2 Å². The van der Waals surface area contributed by atoms with E-state index in [0.717, 1.165) is 5.56 Å². The molecule has 1 heterocycles. The third kappa shape index (κ3) is 5.64. The molecule has 0 aliphatic carbocycles. The maximum atomic E-state index is 12.3. The van der Waals surface area contributed by atoms with Gasteiger partial charge in [-0.15, -0.1) is 0 Å². The molecule has 0 amide bonds. The van der Waals surface area contributed by atoms with Crippen molar-refractivity contribution in [3.8, 4) is 22.8 Å². The molecule has 27 heavy (non-hydrogen) atoms. The molecule has 0 fully saturated rings. The molecule has 7 heteroatoms. The summed E-state index contributed by atoms with van der Waals surface area (Å²) in [4.78, 5) is 4.23. The third-order valence-corrected chi connectivity index (χ3v) is 3.63. The van der Waals surface area contributed by atoms with Crippen molar-refractivity contribution >= 4 is 5.69 Å². The smallest absolute Gasteiger partial charge is 0.422 e. The van der Waals surface area contributed by atoms with Gasteiger partial charge in [0.25, 0.3) is 0 Å². The third-order valence-electron chi connectivity index (χ3n) is 3.63. The molecule has 2 N–H and O–H groups in total. The van der Waals surface area contributed by atoms with Gasteiger partial charge in [-0.1, -0.05) is 30.3 Å². The lowest BCUT2D eigenvalue weighted by molar-refractivity contribution is -0.153. The highest BCUT2D eigenvalue weighted by atomic mass is 19.4. The average molecular weight is 374 g/mol. The molecule has 0 saturated heterocycles. The molecule has 0 bridgehead atoms. The molecule has 0 aliphatic heterocycles. The Hall–Kier alpha value is -3.22. The molecular formula is C20H17F3N2O2. The summed E-state index contributed by atoms with van der Waals surface area (Å²) < 4.78 is 47.4. The van der Waals surface area contributed by atoms with Crippen molar-refractivity contribution in [2.75, 3.05) is 12.3 Å². The van der Waals surface area contributed by atoms with Gasteiger partial charge in [-0.05, 0) is 29.3 Å². The Balaban J connectivity index is 1.70. The van der Waals surface area contributed by atoms with Crippen molar-refractivity contribution < 1.29 is 22.6 Å². The minimum absolute atomic E-state index is 0.0479. The topological polar surface area (TPSA) is 57.4 Å². The Morgan fingerprint density at radius 3 is 2.33 bits per heavy atom. The molecule has 2 aromatic carbocycles. The number of benzene rings is 2. The lowest BCUT2D eigenvalue weighted by Crippen LogP contribution is -2.19. The van der Waals surface area contributed by atoms with Gasteiger partial charge in [0.05, 0.1) is 0 Å². The van der Waals surface area contributed by atoms with Crippen molar-refractivity contribution in [2.45, 2.75) is 12.8 Å². The summed E-state index contributed by atoms with van der Waals surface area (Å²) in [6.07, 6.45) is -2.84. The van der Waals surface area contributed by atoms with Gasteiger partial charge in [0, 0.05) is 29.6 Å². The van der Waals surface area contributed by atoms with Crippen LogP contribution in [-0.4, -0.2) is 17.8 Å². The number of pyridine rings is 1. The van der Waals surface area contributed by atoms with E-state index in [2.05, 4.69) is 4.98 Å². The molecule has 0 unspecified atom stereocenters. The van der Waals surface area contributed by atoms with Gasteiger partial charge in [0.15, 0.2) is 6.61 Å². The maximum absolute atomic E-state index is 12.3. The fourth-order valence-electron chi connectivity index (χ4n) is 2.41. The molecular weight excluding hydrogens is 357 g/mol. The molecule has 0 aliphatic rings. The fraction of sp³-hybridized carbons (Fsp3) is 0.150. The number of halogens is 3. The fourth-order valence-corrected chi connectivity index (χ4v) is 2.41. The number of aromatic nitrogens is 1. The van der Waals surface area contributed by atoms with E-state index in [9.17, 15) is 13.2 Å². The molecule has 0 saturated carbocycles. The highest BCUT2D eigenvalue weighted by Gasteiger charge is 2.28. The zero-order chi connectivity index (χ0) is 19.3. The number of nitrogens with zero attached hydrogens (tertiary/aromatic N) is 1. The Bertz CT molecular complexity index is 882. The normalized spacial score (nSPS) is 11.2. The van der Waals surface area contributed by atoms with E-state index >= 15 is 0 Å².